The number of pyridine rings is 1. The zero-order chi connectivity index (χ0) is 15.4. The minimum absolute atomic E-state index is 0.0597. The van der Waals surface area contributed by atoms with Gasteiger partial charge in [-0.1, -0.05) is 0 Å². The van der Waals surface area contributed by atoms with Crippen molar-refractivity contribution in [2.24, 2.45) is 11.1 Å². The lowest BCUT2D eigenvalue weighted by Gasteiger charge is -2.34. The quantitative estimate of drug-likeness (QED) is 0.877. The van der Waals surface area contributed by atoms with Crippen molar-refractivity contribution in [1.29, 1.82) is 0 Å². The summed E-state index contributed by atoms with van der Waals surface area (Å²) in [6.45, 7) is 1.47. The van der Waals surface area contributed by atoms with Crippen LogP contribution < -0.4 is 11.1 Å². The lowest BCUT2D eigenvalue weighted by Crippen LogP contribution is -2.46. The van der Waals surface area contributed by atoms with Crippen molar-refractivity contribution in [2.75, 3.05) is 25.1 Å². The second-order valence-electron chi connectivity index (χ2n) is 5.43. The van der Waals surface area contributed by atoms with Crippen LogP contribution in [0.2, 0.25) is 0 Å². The molecule has 0 bridgehead atoms. The Kier molecular flexibility index (Phi) is 4.17. The summed E-state index contributed by atoms with van der Waals surface area (Å²) in [7, 11) is 0. The molecule has 3 rings (SSSR count). The highest BCUT2D eigenvalue weighted by Crippen LogP contribution is 2.30. The average Bonchev–Trinajstić information content (AvgIpc) is 3.10. The summed E-state index contributed by atoms with van der Waals surface area (Å²) in [4.78, 5) is 20.8. The number of anilines is 1. The normalized spacial score (nSPS) is 17.1. The van der Waals surface area contributed by atoms with E-state index in [1.165, 1.54) is 0 Å². The molecule has 0 aliphatic carbocycles. The molecule has 1 aliphatic rings. The van der Waals surface area contributed by atoms with Gasteiger partial charge in [-0.15, -0.1) is 0 Å². The van der Waals surface area contributed by atoms with Crippen molar-refractivity contribution in [2.45, 2.75) is 12.8 Å². The predicted molar refractivity (Wildman–Crippen MR) is 81.5 cm³/mol. The van der Waals surface area contributed by atoms with E-state index in [9.17, 15) is 4.79 Å². The van der Waals surface area contributed by atoms with E-state index in [0.717, 1.165) is 5.82 Å². The van der Waals surface area contributed by atoms with Gasteiger partial charge < -0.3 is 15.8 Å². The van der Waals surface area contributed by atoms with Crippen molar-refractivity contribution >= 4 is 11.6 Å². The van der Waals surface area contributed by atoms with E-state index in [-0.39, 0.29) is 5.91 Å². The molecule has 1 saturated heterocycles. The zero-order valence-electron chi connectivity index (χ0n) is 12.2. The van der Waals surface area contributed by atoms with Gasteiger partial charge in [-0.2, -0.15) is 0 Å². The van der Waals surface area contributed by atoms with Gasteiger partial charge in [0.05, 0.1) is 17.3 Å². The minimum atomic E-state index is -0.540. The van der Waals surface area contributed by atoms with Crippen LogP contribution in [-0.4, -0.2) is 40.2 Å². The summed E-state index contributed by atoms with van der Waals surface area (Å²) >= 11 is 0. The molecular weight excluding hydrogens is 282 g/mol. The molecule has 0 saturated carbocycles. The van der Waals surface area contributed by atoms with E-state index in [2.05, 4.69) is 15.3 Å². The molecule has 22 heavy (non-hydrogen) atoms. The first-order chi connectivity index (χ1) is 10.7. The monoisotopic (exact) mass is 301 g/mol. The van der Waals surface area contributed by atoms with Gasteiger partial charge in [-0.05, 0) is 25.0 Å². The Balaban J connectivity index is 1.71. The van der Waals surface area contributed by atoms with Gasteiger partial charge in [0.2, 0.25) is 5.91 Å². The van der Waals surface area contributed by atoms with E-state index >= 15 is 0 Å². The van der Waals surface area contributed by atoms with Crippen molar-refractivity contribution in [1.82, 2.24) is 14.5 Å². The molecule has 0 radical (unpaired) electrons. The molecule has 7 heteroatoms. The third kappa shape index (κ3) is 2.86. The first kappa shape index (κ1) is 14.7. The first-order valence-corrected chi connectivity index (χ1v) is 7.27. The summed E-state index contributed by atoms with van der Waals surface area (Å²) in [6, 6.07) is 3.65. The van der Waals surface area contributed by atoms with Crippen molar-refractivity contribution in [3.63, 3.8) is 0 Å². The smallest absolute Gasteiger partial charge is 0.232 e. The number of imidazole rings is 1. The fraction of sp³-hybridized carbons (Fsp3) is 0.400. The Bertz CT molecular complexity index is 618. The molecular formula is C15H19N5O2. The Labute approximate surface area is 128 Å². The van der Waals surface area contributed by atoms with Crippen LogP contribution in [0.3, 0.4) is 0 Å². The maximum absolute atomic E-state index is 12.5. The number of hydrogen-bond donors (Lipinski definition) is 2. The summed E-state index contributed by atoms with van der Waals surface area (Å²) in [6.07, 6.45) is 8.11. The Morgan fingerprint density at radius 3 is 2.82 bits per heavy atom. The van der Waals surface area contributed by atoms with Gasteiger partial charge >= 0.3 is 0 Å². The Hall–Kier alpha value is -2.25. The molecule has 3 heterocycles. The lowest BCUT2D eigenvalue weighted by atomic mass is 9.79. The van der Waals surface area contributed by atoms with Gasteiger partial charge in [-0.3, -0.25) is 9.36 Å². The number of ether oxygens (including phenoxy) is 1. The summed E-state index contributed by atoms with van der Waals surface area (Å²) in [5.74, 6) is 0.686. The number of nitrogens with zero attached hydrogens (tertiary/aromatic N) is 3. The van der Waals surface area contributed by atoms with Gasteiger partial charge in [0.25, 0.3) is 0 Å². The van der Waals surface area contributed by atoms with E-state index in [4.69, 9.17) is 10.5 Å². The Morgan fingerprint density at radius 2 is 2.23 bits per heavy atom. The first-order valence-electron chi connectivity index (χ1n) is 7.27. The molecule has 0 aromatic carbocycles. The molecule has 2 aromatic rings. The average molecular weight is 301 g/mol. The van der Waals surface area contributed by atoms with E-state index in [1.807, 2.05) is 18.3 Å². The largest absolute Gasteiger partial charge is 0.381 e. The number of carbonyl (C=O) groups excluding carboxylic acids is 1. The number of nitrogens with two attached hydrogens (primary N) is 1. The highest BCUT2D eigenvalue weighted by atomic mass is 16.5. The molecule has 1 amide bonds. The summed E-state index contributed by atoms with van der Waals surface area (Å²) in [5, 5.41) is 2.91. The topological polar surface area (TPSA) is 95.1 Å². The molecule has 1 fully saturated rings. The highest BCUT2D eigenvalue weighted by molar-refractivity contribution is 5.95. The zero-order valence-corrected chi connectivity index (χ0v) is 12.2. The van der Waals surface area contributed by atoms with E-state index in [0.29, 0.717) is 38.3 Å². The van der Waals surface area contributed by atoms with Crippen LogP contribution in [0, 0.1) is 5.41 Å². The van der Waals surface area contributed by atoms with Crippen LogP contribution in [0.1, 0.15) is 12.8 Å². The second-order valence-corrected chi connectivity index (χ2v) is 5.43. The molecule has 2 aromatic heterocycles. The third-order valence-electron chi connectivity index (χ3n) is 4.10. The van der Waals surface area contributed by atoms with Crippen molar-refractivity contribution in [3.05, 3.63) is 37.1 Å². The Morgan fingerprint density at radius 1 is 1.41 bits per heavy atom. The number of amides is 1. The van der Waals surface area contributed by atoms with E-state index < -0.39 is 5.41 Å². The number of carbonyl (C=O) groups is 1. The van der Waals surface area contributed by atoms with Crippen LogP contribution in [0.4, 0.5) is 5.69 Å². The fourth-order valence-electron chi connectivity index (χ4n) is 2.56. The number of rotatable bonds is 4. The lowest BCUT2D eigenvalue weighted by molar-refractivity contribution is -0.130. The molecule has 116 valence electrons. The van der Waals surface area contributed by atoms with E-state index in [1.54, 1.807) is 23.3 Å². The maximum Gasteiger partial charge on any atom is 0.232 e. The minimum Gasteiger partial charge on any atom is -0.381 e. The second kappa shape index (κ2) is 6.25. The maximum atomic E-state index is 12.5. The molecule has 0 unspecified atom stereocenters. The SMILES string of the molecule is NCC1(C(=O)Nc2ccc(-n3ccnc3)nc2)CCOCC1. The van der Waals surface area contributed by atoms with Gasteiger partial charge in [0.1, 0.15) is 12.1 Å². The standard InChI is InChI=1S/C15H19N5O2/c16-10-15(3-7-22-8-4-15)14(21)19-12-1-2-13(18-9-12)20-6-5-17-11-20/h1-2,5-6,9,11H,3-4,7-8,10,16H2,(H,19,21). The van der Waals surface area contributed by atoms with Gasteiger partial charge in [0.15, 0.2) is 0 Å². The van der Waals surface area contributed by atoms with Crippen molar-refractivity contribution < 1.29 is 9.53 Å². The molecule has 0 atom stereocenters. The van der Waals surface area contributed by atoms with Crippen molar-refractivity contribution in [3.8, 4) is 5.82 Å². The molecule has 7 nitrogen and oxygen atoms in total. The third-order valence-corrected chi connectivity index (χ3v) is 4.10. The summed E-state index contributed by atoms with van der Waals surface area (Å²) < 4.78 is 7.12. The number of hydrogen-bond acceptors (Lipinski definition) is 5. The predicted octanol–water partition coefficient (Wildman–Crippen LogP) is 0.961. The summed E-state index contributed by atoms with van der Waals surface area (Å²) in [5.41, 5.74) is 5.96. The van der Waals surface area contributed by atoms with Crippen LogP contribution in [0.15, 0.2) is 37.1 Å². The molecule has 3 N–H and O–H groups in total. The molecule has 1 aliphatic heterocycles. The van der Waals surface area contributed by atoms with Crippen LogP contribution in [0.25, 0.3) is 5.82 Å². The fourth-order valence-corrected chi connectivity index (χ4v) is 2.56. The van der Waals surface area contributed by atoms with Gasteiger partial charge in [0, 0.05) is 32.2 Å². The van der Waals surface area contributed by atoms with Crippen LogP contribution >= 0.6 is 0 Å². The molecule has 0 spiro atoms. The number of aromatic nitrogens is 3. The van der Waals surface area contributed by atoms with Crippen LogP contribution in [0.5, 0.6) is 0 Å². The number of nitrogens with one attached hydrogen (secondary N) is 1. The van der Waals surface area contributed by atoms with Crippen LogP contribution in [-0.2, 0) is 9.53 Å². The van der Waals surface area contributed by atoms with Gasteiger partial charge in [-0.25, -0.2) is 9.97 Å². The highest BCUT2D eigenvalue weighted by Gasteiger charge is 2.38.